The van der Waals surface area contributed by atoms with Gasteiger partial charge < -0.3 is 9.88 Å². The van der Waals surface area contributed by atoms with Gasteiger partial charge >= 0.3 is 0 Å². The normalized spacial score (nSPS) is 12.0. The van der Waals surface area contributed by atoms with Gasteiger partial charge in [0.25, 0.3) is 5.91 Å². The second-order valence-corrected chi connectivity index (χ2v) is 5.91. The summed E-state index contributed by atoms with van der Waals surface area (Å²) in [5, 5.41) is 5.01. The molecule has 0 spiro atoms. The Bertz CT molecular complexity index is 531. The highest BCUT2D eigenvalue weighted by atomic mass is 32.1. The van der Waals surface area contributed by atoms with Gasteiger partial charge in [-0.3, -0.25) is 4.79 Å². The average molecular weight is 236 g/mol. The molecule has 4 heteroatoms. The second kappa shape index (κ2) is 3.63. The summed E-state index contributed by atoms with van der Waals surface area (Å²) in [7, 11) is 1.92. The molecule has 1 amide bonds. The van der Waals surface area contributed by atoms with Crippen LogP contribution in [-0.4, -0.2) is 16.0 Å². The van der Waals surface area contributed by atoms with Crippen LogP contribution in [-0.2, 0) is 7.05 Å². The molecule has 0 aliphatic carbocycles. The van der Waals surface area contributed by atoms with Gasteiger partial charge in [0.05, 0.1) is 10.2 Å². The highest BCUT2D eigenvalue weighted by Gasteiger charge is 2.19. The number of thiophene rings is 1. The molecule has 0 radical (unpaired) electrons. The average Bonchev–Trinajstić information content (AvgIpc) is 2.66. The van der Waals surface area contributed by atoms with E-state index in [1.807, 2.05) is 49.9 Å². The monoisotopic (exact) mass is 236 g/mol. The van der Waals surface area contributed by atoms with Crippen LogP contribution in [0.3, 0.4) is 0 Å². The lowest BCUT2D eigenvalue weighted by Crippen LogP contribution is -2.41. The molecule has 3 nitrogen and oxygen atoms in total. The van der Waals surface area contributed by atoms with Crippen LogP contribution in [0.4, 0.5) is 0 Å². The van der Waals surface area contributed by atoms with E-state index >= 15 is 0 Å². The number of rotatable bonds is 1. The van der Waals surface area contributed by atoms with E-state index in [4.69, 9.17) is 0 Å². The van der Waals surface area contributed by atoms with Crippen LogP contribution in [0.25, 0.3) is 10.2 Å². The number of hydrogen-bond donors (Lipinski definition) is 1. The Balaban J connectivity index is 2.36. The Morgan fingerprint density at radius 2 is 2.12 bits per heavy atom. The third-order valence-corrected chi connectivity index (χ3v) is 3.24. The number of amides is 1. The molecule has 2 rings (SSSR count). The quantitative estimate of drug-likeness (QED) is 0.811. The summed E-state index contributed by atoms with van der Waals surface area (Å²) in [6, 6.07) is 3.98. The van der Waals surface area contributed by atoms with Crippen molar-refractivity contribution in [3.05, 3.63) is 23.2 Å². The SMILES string of the molecule is Cn1c(C(=O)NC(C)(C)C)cc2sccc21. The largest absolute Gasteiger partial charge is 0.346 e. The summed E-state index contributed by atoms with van der Waals surface area (Å²) >= 11 is 1.66. The Morgan fingerprint density at radius 1 is 1.44 bits per heavy atom. The first-order valence-electron chi connectivity index (χ1n) is 5.24. The van der Waals surface area contributed by atoms with E-state index in [2.05, 4.69) is 5.32 Å². The summed E-state index contributed by atoms with van der Waals surface area (Å²) in [5.41, 5.74) is 1.63. The number of aromatic nitrogens is 1. The molecule has 0 saturated carbocycles. The molecule has 1 N–H and O–H groups in total. The molecule has 0 aliphatic rings. The van der Waals surface area contributed by atoms with E-state index in [0.717, 1.165) is 15.9 Å². The molecule has 0 fully saturated rings. The van der Waals surface area contributed by atoms with E-state index in [9.17, 15) is 4.79 Å². The fraction of sp³-hybridized carbons (Fsp3) is 0.417. The first kappa shape index (κ1) is 11.2. The number of nitrogens with one attached hydrogen (secondary N) is 1. The third-order valence-electron chi connectivity index (χ3n) is 2.39. The summed E-state index contributed by atoms with van der Waals surface area (Å²) in [6.07, 6.45) is 0. The summed E-state index contributed by atoms with van der Waals surface area (Å²) in [6.45, 7) is 5.95. The number of fused-ring (bicyclic) bond motifs is 1. The molecule has 0 bridgehead atoms. The highest BCUT2D eigenvalue weighted by Crippen LogP contribution is 2.24. The predicted molar refractivity (Wildman–Crippen MR) is 68.0 cm³/mol. The van der Waals surface area contributed by atoms with Gasteiger partial charge in [0, 0.05) is 12.6 Å². The molecule has 2 aromatic rings. The second-order valence-electron chi connectivity index (χ2n) is 4.96. The Kier molecular flexibility index (Phi) is 2.54. The van der Waals surface area contributed by atoms with Crippen molar-refractivity contribution in [3.63, 3.8) is 0 Å². The maximum Gasteiger partial charge on any atom is 0.268 e. The predicted octanol–water partition coefficient (Wildman–Crippen LogP) is 2.77. The standard InChI is InChI=1S/C12H16N2OS/c1-12(2,3)13-11(15)9-7-10-8(14(9)4)5-6-16-10/h5-7H,1-4H3,(H,13,15). The number of carbonyl (C=O) groups is 1. The zero-order valence-corrected chi connectivity index (χ0v) is 10.8. The maximum atomic E-state index is 12.0. The number of hydrogen-bond acceptors (Lipinski definition) is 2. The third kappa shape index (κ3) is 1.97. The van der Waals surface area contributed by atoms with Crippen molar-refractivity contribution in [3.8, 4) is 0 Å². The van der Waals surface area contributed by atoms with Gasteiger partial charge in [0.15, 0.2) is 0 Å². The smallest absolute Gasteiger partial charge is 0.268 e. The fourth-order valence-corrected chi connectivity index (χ4v) is 2.52. The van der Waals surface area contributed by atoms with Crippen molar-refractivity contribution in [1.82, 2.24) is 9.88 Å². The number of aryl methyl sites for hydroxylation is 1. The molecule has 0 unspecified atom stereocenters. The van der Waals surface area contributed by atoms with Gasteiger partial charge in [-0.1, -0.05) is 0 Å². The minimum absolute atomic E-state index is 0.0154. The van der Waals surface area contributed by atoms with Gasteiger partial charge in [-0.25, -0.2) is 0 Å². The molecular formula is C12H16N2OS. The van der Waals surface area contributed by atoms with Crippen LogP contribution in [0.2, 0.25) is 0 Å². The topological polar surface area (TPSA) is 34.0 Å². The van der Waals surface area contributed by atoms with Crippen molar-refractivity contribution in [2.24, 2.45) is 7.05 Å². The van der Waals surface area contributed by atoms with Crippen LogP contribution < -0.4 is 5.32 Å². The van der Waals surface area contributed by atoms with Gasteiger partial charge in [-0.05, 0) is 38.3 Å². The van der Waals surface area contributed by atoms with Gasteiger partial charge in [-0.2, -0.15) is 0 Å². The molecule has 2 heterocycles. The van der Waals surface area contributed by atoms with E-state index in [1.54, 1.807) is 11.3 Å². The Labute approximate surface area is 99.1 Å². The van der Waals surface area contributed by atoms with Crippen LogP contribution in [0, 0.1) is 0 Å². The first-order valence-corrected chi connectivity index (χ1v) is 6.12. The lowest BCUT2D eigenvalue weighted by atomic mass is 10.1. The zero-order chi connectivity index (χ0) is 11.9. The van der Waals surface area contributed by atoms with E-state index in [1.165, 1.54) is 0 Å². The summed E-state index contributed by atoms with van der Waals surface area (Å²) < 4.78 is 3.09. The summed E-state index contributed by atoms with van der Waals surface area (Å²) in [4.78, 5) is 12.0. The zero-order valence-electron chi connectivity index (χ0n) is 10.00. The summed E-state index contributed by atoms with van der Waals surface area (Å²) in [5.74, 6) is -0.0154. The van der Waals surface area contributed by atoms with E-state index in [0.29, 0.717) is 0 Å². The minimum atomic E-state index is -0.200. The lowest BCUT2D eigenvalue weighted by molar-refractivity contribution is 0.0911. The van der Waals surface area contributed by atoms with Crippen LogP contribution in [0.5, 0.6) is 0 Å². The molecule has 16 heavy (non-hydrogen) atoms. The maximum absolute atomic E-state index is 12.0. The lowest BCUT2D eigenvalue weighted by Gasteiger charge is -2.20. The molecule has 86 valence electrons. The molecular weight excluding hydrogens is 220 g/mol. The Hall–Kier alpha value is -1.29. The van der Waals surface area contributed by atoms with Crippen molar-refractivity contribution < 1.29 is 4.79 Å². The van der Waals surface area contributed by atoms with Gasteiger partial charge in [0.1, 0.15) is 5.69 Å². The van der Waals surface area contributed by atoms with E-state index < -0.39 is 0 Å². The van der Waals surface area contributed by atoms with Crippen molar-refractivity contribution in [2.45, 2.75) is 26.3 Å². The highest BCUT2D eigenvalue weighted by molar-refractivity contribution is 7.17. The van der Waals surface area contributed by atoms with Gasteiger partial charge in [0.2, 0.25) is 0 Å². The fourth-order valence-electron chi connectivity index (χ4n) is 1.67. The number of nitrogens with zero attached hydrogens (tertiary/aromatic N) is 1. The molecule has 2 aromatic heterocycles. The minimum Gasteiger partial charge on any atom is -0.346 e. The van der Waals surface area contributed by atoms with Gasteiger partial charge in [-0.15, -0.1) is 11.3 Å². The van der Waals surface area contributed by atoms with E-state index in [-0.39, 0.29) is 11.4 Å². The van der Waals surface area contributed by atoms with Crippen molar-refractivity contribution in [2.75, 3.05) is 0 Å². The van der Waals surface area contributed by atoms with Crippen LogP contribution in [0.15, 0.2) is 17.5 Å². The Morgan fingerprint density at radius 3 is 2.69 bits per heavy atom. The number of carbonyl (C=O) groups excluding carboxylic acids is 1. The molecule has 0 atom stereocenters. The molecule has 0 aliphatic heterocycles. The van der Waals surface area contributed by atoms with Crippen LogP contribution in [0.1, 0.15) is 31.3 Å². The molecule has 0 saturated heterocycles. The first-order chi connectivity index (χ1) is 7.38. The molecule has 0 aromatic carbocycles. The van der Waals surface area contributed by atoms with Crippen molar-refractivity contribution >= 4 is 27.5 Å². The van der Waals surface area contributed by atoms with Crippen molar-refractivity contribution in [1.29, 1.82) is 0 Å². The van der Waals surface area contributed by atoms with Crippen LogP contribution >= 0.6 is 11.3 Å².